The first-order valence-electron chi connectivity index (χ1n) is 8.49. The second-order valence-corrected chi connectivity index (χ2v) is 5.58. The summed E-state index contributed by atoms with van der Waals surface area (Å²) in [5.41, 5.74) is 1.83. The molecule has 0 atom stereocenters. The molecule has 0 unspecified atom stereocenters. The first-order chi connectivity index (χ1) is 13.6. The molecule has 1 amide bonds. The molecular weight excluding hydrogens is 356 g/mol. The van der Waals surface area contributed by atoms with Crippen LogP contribution in [0.2, 0.25) is 0 Å². The van der Waals surface area contributed by atoms with Gasteiger partial charge in [0.2, 0.25) is 0 Å². The lowest BCUT2D eigenvalue weighted by molar-refractivity contribution is -0.112. The van der Waals surface area contributed by atoms with E-state index >= 15 is 0 Å². The van der Waals surface area contributed by atoms with E-state index in [4.69, 9.17) is 10.00 Å². The number of esters is 1. The highest BCUT2D eigenvalue weighted by Crippen LogP contribution is 2.14. The normalized spacial score (nSPS) is 10.3. The van der Waals surface area contributed by atoms with Crippen LogP contribution < -0.4 is 10.6 Å². The van der Waals surface area contributed by atoms with E-state index in [1.807, 2.05) is 12.1 Å². The van der Waals surface area contributed by atoms with Crippen molar-refractivity contribution in [3.05, 3.63) is 77.0 Å². The number of amides is 1. The van der Waals surface area contributed by atoms with Crippen molar-refractivity contribution < 1.29 is 14.3 Å². The van der Waals surface area contributed by atoms with E-state index in [2.05, 4.69) is 10.6 Å². The summed E-state index contributed by atoms with van der Waals surface area (Å²) in [6.45, 7) is 2.41. The minimum absolute atomic E-state index is 0.129. The van der Waals surface area contributed by atoms with E-state index in [1.54, 1.807) is 55.5 Å². The highest BCUT2D eigenvalue weighted by molar-refractivity contribution is 6.07. The van der Waals surface area contributed by atoms with E-state index in [-0.39, 0.29) is 11.5 Å². The van der Waals surface area contributed by atoms with Crippen LogP contribution in [0.25, 0.3) is 0 Å². The number of nitriles is 2. The Bertz CT molecular complexity index is 966. The SMILES string of the molecule is CCOC(=O)c1ccc(CN/C=C(/C#N)C(=O)Nc2ccccc2C#N)cc1. The van der Waals surface area contributed by atoms with E-state index in [1.165, 1.54) is 6.20 Å². The van der Waals surface area contributed by atoms with Gasteiger partial charge in [-0.05, 0) is 36.8 Å². The number of carbonyl (C=O) groups is 2. The minimum Gasteiger partial charge on any atom is -0.462 e. The van der Waals surface area contributed by atoms with Crippen LogP contribution in [0, 0.1) is 22.7 Å². The number of hydrogen-bond donors (Lipinski definition) is 2. The molecule has 0 saturated heterocycles. The van der Waals surface area contributed by atoms with Crippen molar-refractivity contribution in [2.24, 2.45) is 0 Å². The van der Waals surface area contributed by atoms with Crippen molar-refractivity contribution in [1.29, 1.82) is 10.5 Å². The summed E-state index contributed by atoms with van der Waals surface area (Å²) in [6.07, 6.45) is 1.31. The number of hydrogen-bond acceptors (Lipinski definition) is 6. The Kier molecular flexibility index (Phi) is 7.33. The lowest BCUT2D eigenvalue weighted by Gasteiger charge is -2.07. The summed E-state index contributed by atoms with van der Waals surface area (Å²) >= 11 is 0. The Morgan fingerprint density at radius 3 is 2.46 bits per heavy atom. The van der Waals surface area contributed by atoms with Gasteiger partial charge in [0, 0.05) is 12.7 Å². The molecule has 2 aromatic carbocycles. The number of para-hydroxylation sites is 1. The number of ether oxygens (including phenoxy) is 1. The van der Waals surface area contributed by atoms with Gasteiger partial charge in [-0.1, -0.05) is 24.3 Å². The van der Waals surface area contributed by atoms with Crippen molar-refractivity contribution in [3.8, 4) is 12.1 Å². The van der Waals surface area contributed by atoms with E-state index < -0.39 is 5.91 Å². The Morgan fingerprint density at radius 1 is 1.11 bits per heavy atom. The van der Waals surface area contributed by atoms with Crippen molar-refractivity contribution in [2.45, 2.75) is 13.5 Å². The van der Waals surface area contributed by atoms with Gasteiger partial charge in [0.05, 0.1) is 23.4 Å². The molecule has 0 fully saturated rings. The quantitative estimate of drug-likeness (QED) is 0.437. The Labute approximate surface area is 162 Å². The predicted octanol–water partition coefficient (Wildman–Crippen LogP) is 2.87. The fourth-order valence-electron chi connectivity index (χ4n) is 2.27. The lowest BCUT2D eigenvalue weighted by Crippen LogP contribution is -2.17. The third-order valence-corrected chi connectivity index (χ3v) is 3.68. The average Bonchev–Trinajstić information content (AvgIpc) is 2.72. The summed E-state index contributed by atoms with van der Waals surface area (Å²) in [4.78, 5) is 23.9. The number of benzene rings is 2. The molecule has 2 rings (SSSR count). The Morgan fingerprint density at radius 2 is 1.82 bits per heavy atom. The maximum absolute atomic E-state index is 12.2. The fourth-order valence-corrected chi connectivity index (χ4v) is 2.27. The summed E-state index contributed by atoms with van der Waals surface area (Å²) in [7, 11) is 0. The van der Waals surface area contributed by atoms with Crippen LogP contribution in [0.15, 0.2) is 60.3 Å². The molecule has 7 nitrogen and oxygen atoms in total. The molecule has 0 bridgehead atoms. The van der Waals surface area contributed by atoms with Gasteiger partial charge >= 0.3 is 5.97 Å². The second kappa shape index (κ2) is 10.1. The molecule has 7 heteroatoms. The van der Waals surface area contributed by atoms with Gasteiger partial charge in [-0.3, -0.25) is 4.79 Å². The summed E-state index contributed by atoms with van der Waals surface area (Å²) in [5.74, 6) is -1.00. The van der Waals surface area contributed by atoms with Crippen molar-refractivity contribution >= 4 is 17.6 Å². The van der Waals surface area contributed by atoms with Gasteiger partial charge in [0.25, 0.3) is 5.91 Å². The van der Waals surface area contributed by atoms with E-state index in [0.717, 1.165) is 5.56 Å². The molecule has 0 spiro atoms. The zero-order valence-corrected chi connectivity index (χ0v) is 15.2. The summed E-state index contributed by atoms with van der Waals surface area (Å²) < 4.78 is 4.92. The molecule has 2 N–H and O–H groups in total. The van der Waals surface area contributed by atoms with E-state index in [0.29, 0.717) is 30.0 Å². The highest BCUT2D eigenvalue weighted by atomic mass is 16.5. The van der Waals surface area contributed by atoms with Crippen LogP contribution in [-0.4, -0.2) is 18.5 Å². The zero-order valence-electron chi connectivity index (χ0n) is 15.2. The largest absolute Gasteiger partial charge is 0.462 e. The van der Waals surface area contributed by atoms with Gasteiger partial charge in [-0.2, -0.15) is 10.5 Å². The topological polar surface area (TPSA) is 115 Å². The van der Waals surface area contributed by atoms with Crippen LogP contribution >= 0.6 is 0 Å². The van der Waals surface area contributed by atoms with Crippen LogP contribution in [0.5, 0.6) is 0 Å². The molecular formula is C21H18N4O3. The fraction of sp³-hybridized carbons (Fsp3) is 0.143. The molecule has 0 radical (unpaired) electrons. The monoisotopic (exact) mass is 374 g/mol. The van der Waals surface area contributed by atoms with Crippen LogP contribution in [0.4, 0.5) is 5.69 Å². The first kappa shape index (κ1) is 20.2. The van der Waals surface area contributed by atoms with Crippen LogP contribution in [0.1, 0.15) is 28.4 Å². The number of nitrogens with one attached hydrogen (secondary N) is 2. The van der Waals surface area contributed by atoms with Crippen molar-refractivity contribution in [3.63, 3.8) is 0 Å². The molecule has 0 aliphatic heterocycles. The van der Waals surface area contributed by atoms with E-state index in [9.17, 15) is 14.9 Å². The third-order valence-electron chi connectivity index (χ3n) is 3.68. The van der Waals surface area contributed by atoms with Crippen molar-refractivity contribution in [2.75, 3.05) is 11.9 Å². The van der Waals surface area contributed by atoms with Gasteiger partial charge in [-0.25, -0.2) is 4.79 Å². The number of rotatable bonds is 7. The zero-order chi connectivity index (χ0) is 20.4. The van der Waals surface area contributed by atoms with Crippen LogP contribution in [0.3, 0.4) is 0 Å². The number of carbonyl (C=O) groups excluding carboxylic acids is 2. The molecule has 0 aliphatic rings. The summed E-state index contributed by atoms with van der Waals surface area (Å²) in [6, 6.07) is 17.1. The number of anilines is 1. The minimum atomic E-state index is -0.615. The maximum Gasteiger partial charge on any atom is 0.338 e. The molecule has 0 aliphatic carbocycles. The van der Waals surface area contributed by atoms with Gasteiger partial charge in [-0.15, -0.1) is 0 Å². The molecule has 2 aromatic rings. The second-order valence-electron chi connectivity index (χ2n) is 5.58. The molecule has 0 aromatic heterocycles. The Balaban J connectivity index is 1.98. The third kappa shape index (κ3) is 5.45. The average molecular weight is 374 g/mol. The Hall–Kier alpha value is -4.10. The molecule has 140 valence electrons. The van der Waals surface area contributed by atoms with Gasteiger partial charge in [0.1, 0.15) is 17.7 Å². The predicted molar refractivity (Wildman–Crippen MR) is 103 cm³/mol. The lowest BCUT2D eigenvalue weighted by atomic mass is 10.1. The summed E-state index contributed by atoms with van der Waals surface area (Å²) in [5, 5.41) is 23.7. The highest BCUT2D eigenvalue weighted by Gasteiger charge is 2.11. The molecule has 0 saturated carbocycles. The van der Waals surface area contributed by atoms with Gasteiger partial charge in [0.15, 0.2) is 0 Å². The molecule has 28 heavy (non-hydrogen) atoms. The van der Waals surface area contributed by atoms with Gasteiger partial charge < -0.3 is 15.4 Å². The molecule has 0 heterocycles. The van der Waals surface area contributed by atoms with Crippen molar-refractivity contribution in [1.82, 2.24) is 5.32 Å². The maximum atomic E-state index is 12.2. The van der Waals surface area contributed by atoms with Crippen LogP contribution in [-0.2, 0) is 16.1 Å². The smallest absolute Gasteiger partial charge is 0.338 e. The number of nitrogens with zero attached hydrogens (tertiary/aromatic N) is 2. The first-order valence-corrected chi connectivity index (χ1v) is 8.49. The standard InChI is InChI=1S/C21H18N4O3/c1-2-28-21(27)16-9-7-15(8-10-16)13-24-14-18(12-23)20(26)25-19-6-4-3-5-17(19)11-22/h3-10,14,24H,2,13H2,1H3,(H,25,26)/b18-14-.